The molecule has 1 aliphatic rings. The molecule has 0 aromatic carbocycles. The smallest absolute Gasteiger partial charge is 0.248 e. The minimum Gasteiger partial charge on any atom is -0.472 e. The van der Waals surface area contributed by atoms with Crippen LogP contribution in [0.4, 0.5) is 0 Å². The van der Waals surface area contributed by atoms with Gasteiger partial charge in [0.25, 0.3) is 0 Å². The van der Waals surface area contributed by atoms with Gasteiger partial charge in [0.1, 0.15) is 17.9 Å². The van der Waals surface area contributed by atoms with E-state index in [1.165, 1.54) is 0 Å². The van der Waals surface area contributed by atoms with Crippen molar-refractivity contribution in [2.45, 2.75) is 6.54 Å². The second-order valence-corrected chi connectivity index (χ2v) is 5.83. The van der Waals surface area contributed by atoms with Crippen LogP contribution in [0.25, 0.3) is 10.6 Å². The van der Waals surface area contributed by atoms with E-state index in [1.807, 2.05) is 6.07 Å². The van der Waals surface area contributed by atoms with Crippen LogP contribution in [0.5, 0.6) is 0 Å². The van der Waals surface area contributed by atoms with Crippen LogP contribution in [-0.4, -0.2) is 58.6 Å². The number of aliphatic hydroxyl groups excluding tert-OH is 1. The lowest BCUT2D eigenvalue weighted by atomic mass is 10.3. The first-order valence-electron chi connectivity index (χ1n) is 6.84. The molecule has 0 unspecified atom stereocenters. The summed E-state index contributed by atoms with van der Waals surface area (Å²) in [5, 5.41) is 11.9. The highest BCUT2D eigenvalue weighted by atomic mass is 32.1. The molecule has 0 radical (unpaired) electrons. The summed E-state index contributed by atoms with van der Waals surface area (Å²) in [6.45, 7) is 3.33. The molecule has 1 amide bonds. The number of nitrogens with zero attached hydrogens (tertiary/aromatic N) is 3. The van der Waals surface area contributed by atoms with E-state index in [1.54, 1.807) is 28.8 Å². The second-order valence-electron chi connectivity index (χ2n) is 4.97. The fourth-order valence-electron chi connectivity index (χ4n) is 2.38. The lowest BCUT2D eigenvalue weighted by Gasteiger charge is -2.34. The fraction of sp³-hybridized carbons (Fsp3) is 0.429. The number of carbonyl (C=O) groups is 1. The Hall–Kier alpha value is -1.70. The van der Waals surface area contributed by atoms with Crippen molar-refractivity contribution in [2.75, 3.05) is 32.8 Å². The lowest BCUT2D eigenvalue weighted by molar-refractivity contribution is -0.136. The molecule has 2 aromatic heterocycles. The van der Waals surface area contributed by atoms with Crippen LogP contribution in [0.1, 0.15) is 5.69 Å². The number of carbonyl (C=O) groups excluding carboxylic acids is 1. The molecule has 1 N–H and O–H groups in total. The van der Waals surface area contributed by atoms with E-state index >= 15 is 0 Å². The summed E-state index contributed by atoms with van der Waals surface area (Å²) < 4.78 is 5.07. The zero-order chi connectivity index (χ0) is 14.7. The maximum absolute atomic E-state index is 11.4. The van der Waals surface area contributed by atoms with Crippen LogP contribution in [0.3, 0.4) is 0 Å². The van der Waals surface area contributed by atoms with E-state index in [0.717, 1.165) is 35.9 Å². The molecule has 21 heavy (non-hydrogen) atoms. The quantitative estimate of drug-likeness (QED) is 0.914. The number of rotatable bonds is 4. The van der Waals surface area contributed by atoms with Gasteiger partial charge in [0.15, 0.2) is 0 Å². The Balaban J connectivity index is 1.55. The zero-order valence-corrected chi connectivity index (χ0v) is 12.4. The number of piperazine rings is 1. The molecular formula is C14H17N3O3S. The molecule has 0 saturated carbocycles. The number of aromatic nitrogens is 1. The molecule has 1 saturated heterocycles. The largest absolute Gasteiger partial charge is 0.472 e. The summed E-state index contributed by atoms with van der Waals surface area (Å²) in [5.74, 6) is -0.189. The summed E-state index contributed by atoms with van der Waals surface area (Å²) in [5.41, 5.74) is 2.04. The fourth-order valence-corrected chi connectivity index (χ4v) is 3.18. The summed E-state index contributed by atoms with van der Waals surface area (Å²) in [6.07, 6.45) is 3.34. The number of furan rings is 1. The number of thiazole rings is 1. The van der Waals surface area contributed by atoms with E-state index in [2.05, 4.69) is 15.3 Å². The summed E-state index contributed by atoms with van der Waals surface area (Å²) in [6, 6.07) is 1.90. The Labute approximate surface area is 126 Å². The standard InChI is InChI=1S/C14H17N3O3S/c18-8-13(19)17-4-2-16(3-5-17)7-12-10-21-14(15-12)11-1-6-20-9-11/h1,6,9-10,18H,2-5,7-8H2. The lowest BCUT2D eigenvalue weighted by Crippen LogP contribution is -2.49. The maximum atomic E-state index is 11.4. The molecule has 2 aromatic rings. The molecule has 1 aliphatic heterocycles. The molecule has 3 rings (SSSR count). The van der Waals surface area contributed by atoms with Gasteiger partial charge in [-0.25, -0.2) is 4.98 Å². The van der Waals surface area contributed by atoms with Crippen molar-refractivity contribution in [1.29, 1.82) is 0 Å². The monoisotopic (exact) mass is 307 g/mol. The van der Waals surface area contributed by atoms with Gasteiger partial charge in [0, 0.05) is 43.7 Å². The van der Waals surface area contributed by atoms with Crippen molar-refractivity contribution in [2.24, 2.45) is 0 Å². The van der Waals surface area contributed by atoms with Crippen molar-refractivity contribution in [3.8, 4) is 10.6 Å². The third-order valence-corrected chi connectivity index (χ3v) is 4.51. The minimum absolute atomic E-state index is 0.189. The maximum Gasteiger partial charge on any atom is 0.248 e. The molecule has 1 fully saturated rings. The zero-order valence-electron chi connectivity index (χ0n) is 11.6. The summed E-state index contributed by atoms with van der Waals surface area (Å²) in [7, 11) is 0. The van der Waals surface area contributed by atoms with Gasteiger partial charge < -0.3 is 14.4 Å². The molecule has 0 atom stereocenters. The Bertz CT molecular complexity index is 588. The first-order valence-corrected chi connectivity index (χ1v) is 7.72. The molecular weight excluding hydrogens is 290 g/mol. The SMILES string of the molecule is O=C(CO)N1CCN(Cc2csc(-c3ccoc3)n2)CC1. The van der Waals surface area contributed by atoms with Gasteiger partial charge in [0.2, 0.25) is 5.91 Å². The van der Waals surface area contributed by atoms with Crippen molar-refractivity contribution in [3.63, 3.8) is 0 Å². The third kappa shape index (κ3) is 3.31. The minimum atomic E-state index is -0.403. The van der Waals surface area contributed by atoms with E-state index < -0.39 is 6.61 Å². The number of hydrogen-bond acceptors (Lipinski definition) is 6. The summed E-state index contributed by atoms with van der Waals surface area (Å²) >= 11 is 1.61. The average molecular weight is 307 g/mol. The van der Waals surface area contributed by atoms with Gasteiger partial charge in [-0.2, -0.15) is 0 Å². The van der Waals surface area contributed by atoms with Crippen molar-refractivity contribution >= 4 is 17.2 Å². The molecule has 0 aliphatic carbocycles. The van der Waals surface area contributed by atoms with Crippen molar-refractivity contribution < 1.29 is 14.3 Å². The predicted molar refractivity (Wildman–Crippen MR) is 78.8 cm³/mol. The van der Waals surface area contributed by atoms with Crippen LogP contribution in [0.2, 0.25) is 0 Å². The molecule has 112 valence electrons. The highest BCUT2D eigenvalue weighted by Gasteiger charge is 2.21. The number of aliphatic hydroxyl groups is 1. The van der Waals surface area contributed by atoms with Crippen molar-refractivity contribution in [3.05, 3.63) is 29.7 Å². The number of hydrogen-bond donors (Lipinski definition) is 1. The van der Waals surface area contributed by atoms with E-state index in [9.17, 15) is 4.79 Å². The van der Waals surface area contributed by atoms with Gasteiger partial charge >= 0.3 is 0 Å². The first kappa shape index (κ1) is 14.2. The third-order valence-electron chi connectivity index (χ3n) is 3.57. The molecule has 0 bridgehead atoms. The molecule has 0 spiro atoms. The topological polar surface area (TPSA) is 69.8 Å². The van der Waals surface area contributed by atoms with Crippen LogP contribution < -0.4 is 0 Å². The first-order chi connectivity index (χ1) is 10.3. The van der Waals surface area contributed by atoms with Crippen LogP contribution >= 0.6 is 11.3 Å². The van der Waals surface area contributed by atoms with E-state index in [0.29, 0.717) is 13.1 Å². The van der Waals surface area contributed by atoms with Gasteiger partial charge in [-0.1, -0.05) is 0 Å². The molecule has 6 nitrogen and oxygen atoms in total. The average Bonchev–Trinajstić information content (AvgIpc) is 3.18. The Morgan fingerprint density at radius 1 is 1.38 bits per heavy atom. The van der Waals surface area contributed by atoms with E-state index in [4.69, 9.17) is 9.52 Å². The molecule has 7 heteroatoms. The number of amides is 1. The summed E-state index contributed by atoms with van der Waals surface area (Å²) in [4.78, 5) is 20.0. The van der Waals surface area contributed by atoms with Crippen LogP contribution in [-0.2, 0) is 11.3 Å². The molecule has 3 heterocycles. The second kappa shape index (κ2) is 6.38. The highest BCUT2D eigenvalue weighted by Crippen LogP contribution is 2.24. The highest BCUT2D eigenvalue weighted by molar-refractivity contribution is 7.13. The van der Waals surface area contributed by atoms with Gasteiger partial charge in [-0.05, 0) is 6.07 Å². The van der Waals surface area contributed by atoms with E-state index in [-0.39, 0.29) is 5.91 Å². The Morgan fingerprint density at radius 3 is 2.86 bits per heavy atom. The normalized spacial score (nSPS) is 16.3. The predicted octanol–water partition coefficient (Wildman–Crippen LogP) is 1.04. The Kier molecular flexibility index (Phi) is 4.33. The van der Waals surface area contributed by atoms with Crippen LogP contribution in [0.15, 0.2) is 28.4 Å². The van der Waals surface area contributed by atoms with Gasteiger partial charge in [0.05, 0.1) is 12.0 Å². The van der Waals surface area contributed by atoms with Crippen molar-refractivity contribution in [1.82, 2.24) is 14.8 Å². The van der Waals surface area contributed by atoms with Crippen LogP contribution in [0, 0.1) is 0 Å². The van der Waals surface area contributed by atoms with Gasteiger partial charge in [-0.15, -0.1) is 11.3 Å². The van der Waals surface area contributed by atoms with Gasteiger partial charge in [-0.3, -0.25) is 9.69 Å². The Morgan fingerprint density at radius 2 is 2.19 bits per heavy atom.